The largest absolute Gasteiger partial charge is 0.320 e. The molecule has 1 N–H and O–H groups in total. The molecule has 0 bridgehead atoms. The number of hydrogen-bond acceptors (Lipinski definition) is 1. The van der Waals surface area contributed by atoms with Crippen molar-refractivity contribution < 1.29 is 0 Å². The summed E-state index contributed by atoms with van der Waals surface area (Å²) in [5, 5.41) is 0. The molecule has 0 heterocycles. The van der Waals surface area contributed by atoms with E-state index in [1.165, 1.54) is 11.1 Å². The minimum absolute atomic E-state index is 0.0253. The SMILES string of the molecule is CC(C)(C)N[Si](Cl)(Cc1ccccc1)Cc1ccccc1. The highest BCUT2D eigenvalue weighted by atomic mass is 35.6. The van der Waals surface area contributed by atoms with Crippen molar-refractivity contribution in [2.75, 3.05) is 0 Å². The number of hydrogen-bond donors (Lipinski definition) is 1. The van der Waals surface area contributed by atoms with Gasteiger partial charge >= 0.3 is 0 Å². The molecular weight excluding hydrogens is 294 g/mol. The van der Waals surface area contributed by atoms with Crippen LogP contribution in [0.15, 0.2) is 60.7 Å². The summed E-state index contributed by atoms with van der Waals surface area (Å²) in [6, 6.07) is 23.0. The first-order valence-electron chi connectivity index (χ1n) is 7.42. The van der Waals surface area contributed by atoms with Crippen LogP contribution in [0.25, 0.3) is 0 Å². The summed E-state index contributed by atoms with van der Waals surface area (Å²) in [6.45, 7) is 6.56. The molecule has 0 saturated carbocycles. The summed E-state index contributed by atoms with van der Waals surface area (Å²) >= 11 is 7.12. The summed E-state index contributed by atoms with van der Waals surface area (Å²) in [5.74, 6) is 0. The fourth-order valence-electron chi connectivity index (χ4n) is 2.66. The third-order valence-electron chi connectivity index (χ3n) is 3.25. The maximum Gasteiger partial charge on any atom is 0.235 e. The topological polar surface area (TPSA) is 12.0 Å². The van der Waals surface area contributed by atoms with Crippen molar-refractivity contribution >= 4 is 18.6 Å². The van der Waals surface area contributed by atoms with Crippen LogP contribution in [0.1, 0.15) is 31.9 Å². The molecule has 0 aliphatic rings. The first-order chi connectivity index (χ1) is 9.86. The summed E-state index contributed by atoms with van der Waals surface area (Å²) in [4.78, 5) is 3.73. The van der Waals surface area contributed by atoms with E-state index in [4.69, 9.17) is 11.1 Å². The van der Waals surface area contributed by atoms with E-state index in [1.54, 1.807) is 0 Å². The maximum atomic E-state index is 7.12. The Morgan fingerprint density at radius 2 is 1.19 bits per heavy atom. The first-order valence-corrected chi connectivity index (χ1v) is 10.9. The Hall–Kier alpha value is -1.09. The highest BCUT2D eigenvalue weighted by Gasteiger charge is 2.35. The average molecular weight is 318 g/mol. The summed E-state index contributed by atoms with van der Waals surface area (Å²) in [6.07, 6.45) is 0. The lowest BCUT2D eigenvalue weighted by atomic mass is 10.1. The van der Waals surface area contributed by atoms with Gasteiger partial charge in [0.05, 0.1) is 0 Å². The zero-order valence-corrected chi connectivity index (χ0v) is 14.8. The van der Waals surface area contributed by atoms with Crippen LogP contribution >= 0.6 is 11.1 Å². The number of benzene rings is 2. The van der Waals surface area contributed by atoms with Gasteiger partial charge in [-0.25, -0.2) is 0 Å². The van der Waals surface area contributed by atoms with Gasteiger partial charge < -0.3 is 4.98 Å². The van der Waals surface area contributed by atoms with Crippen molar-refractivity contribution in [1.29, 1.82) is 0 Å². The molecule has 0 aliphatic heterocycles. The van der Waals surface area contributed by atoms with Gasteiger partial charge in [0, 0.05) is 5.54 Å². The molecule has 0 radical (unpaired) electrons. The smallest absolute Gasteiger partial charge is 0.235 e. The Balaban J connectivity index is 2.21. The quantitative estimate of drug-likeness (QED) is 0.627. The van der Waals surface area contributed by atoms with Gasteiger partial charge in [-0.1, -0.05) is 60.7 Å². The lowest BCUT2D eigenvalue weighted by molar-refractivity contribution is 0.512. The summed E-state index contributed by atoms with van der Waals surface area (Å²) in [5.41, 5.74) is 2.65. The Bertz CT molecular complexity index is 507. The summed E-state index contributed by atoms with van der Waals surface area (Å²) in [7, 11) is -2.14. The van der Waals surface area contributed by atoms with Crippen LogP contribution < -0.4 is 4.98 Å². The average Bonchev–Trinajstić information content (AvgIpc) is 2.38. The molecule has 21 heavy (non-hydrogen) atoms. The molecule has 112 valence electrons. The zero-order valence-electron chi connectivity index (χ0n) is 13.1. The van der Waals surface area contributed by atoms with E-state index in [2.05, 4.69) is 86.4 Å². The van der Waals surface area contributed by atoms with Gasteiger partial charge in [0.15, 0.2) is 0 Å². The fraction of sp³-hybridized carbons (Fsp3) is 0.333. The molecule has 3 heteroatoms. The van der Waals surface area contributed by atoms with Gasteiger partial charge in [-0.15, -0.1) is 11.1 Å². The maximum absolute atomic E-state index is 7.12. The van der Waals surface area contributed by atoms with E-state index >= 15 is 0 Å². The minimum atomic E-state index is -2.14. The van der Waals surface area contributed by atoms with Gasteiger partial charge in [0.1, 0.15) is 0 Å². The van der Waals surface area contributed by atoms with E-state index in [9.17, 15) is 0 Å². The van der Waals surface area contributed by atoms with Gasteiger partial charge in [-0.3, -0.25) is 0 Å². The summed E-state index contributed by atoms with van der Waals surface area (Å²) < 4.78 is 0. The van der Waals surface area contributed by atoms with Gasteiger partial charge in [-0.05, 0) is 44.0 Å². The first kappa shape index (κ1) is 16.3. The third-order valence-corrected chi connectivity index (χ3v) is 7.47. The van der Waals surface area contributed by atoms with E-state index in [1.807, 2.05) is 0 Å². The second-order valence-electron chi connectivity index (χ2n) is 6.67. The highest BCUT2D eigenvalue weighted by Crippen LogP contribution is 2.22. The van der Waals surface area contributed by atoms with E-state index in [-0.39, 0.29) is 5.54 Å². The van der Waals surface area contributed by atoms with Crippen molar-refractivity contribution in [1.82, 2.24) is 4.98 Å². The van der Waals surface area contributed by atoms with E-state index in [0.29, 0.717) is 0 Å². The molecule has 0 spiro atoms. The van der Waals surface area contributed by atoms with Crippen LogP contribution in [-0.2, 0) is 12.1 Å². The molecule has 1 nitrogen and oxygen atoms in total. The second-order valence-corrected chi connectivity index (χ2v) is 11.7. The lowest BCUT2D eigenvalue weighted by Crippen LogP contribution is -2.58. The Kier molecular flexibility index (Phi) is 5.25. The van der Waals surface area contributed by atoms with Gasteiger partial charge in [0.2, 0.25) is 7.55 Å². The molecule has 0 saturated heterocycles. The van der Waals surface area contributed by atoms with Crippen LogP contribution in [0.4, 0.5) is 0 Å². The molecule has 0 amide bonds. The molecule has 0 aromatic heterocycles. The highest BCUT2D eigenvalue weighted by molar-refractivity contribution is 7.18. The molecule has 0 aliphatic carbocycles. The van der Waals surface area contributed by atoms with Crippen LogP contribution in [0.2, 0.25) is 0 Å². The third kappa shape index (κ3) is 5.66. The predicted octanol–water partition coefficient (Wildman–Crippen LogP) is 4.62. The van der Waals surface area contributed by atoms with Gasteiger partial charge in [0.25, 0.3) is 0 Å². The molecular formula is C18H24ClNSi. The van der Waals surface area contributed by atoms with E-state index < -0.39 is 7.55 Å². The van der Waals surface area contributed by atoms with Crippen molar-refractivity contribution in [3.05, 3.63) is 71.8 Å². The molecule has 2 aromatic carbocycles. The standard InChI is InChI=1S/C18H24ClNSi/c1-18(2,3)20-21(19,14-16-10-6-4-7-11-16)15-17-12-8-5-9-13-17/h4-13,20H,14-15H2,1-3H3. The molecule has 0 fully saturated rings. The Morgan fingerprint density at radius 1 is 0.810 bits per heavy atom. The van der Waals surface area contributed by atoms with Crippen LogP contribution in [0.5, 0.6) is 0 Å². The predicted molar refractivity (Wildman–Crippen MR) is 94.8 cm³/mol. The van der Waals surface area contributed by atoms with Crippen molar-refractivity contribution in [3.8, 4) is 0 Å². The van der Waals surface area contributed by atoms with Crippen molar-refractivity contribution in [2.45, 2.75) is 38.4 Å². The van der Waals surface area contributed by atoms with Crippen LogP contribution in [-0.4, -0.2) is 13.1 Å². The normalized spacial score (nSPS) is 12.4. The Labute approximate surface area is 134 Å². The van der Waals surface area contributed by atoms with Crippen molar-refractivity contribution in [3.63, 3.8) is 0 Å². The molecule has 2 rings (SSSR count). The molecule has 2 aromatic rings. The molecule has 0 atom stereocenters. The number of rotatable bonds is 5. The van der Waals surface area contributed by atoms with Crippen LogP contribution in [0.3, 0.4) is 0 Å². The zero-order chi connectivity index (χ0) is 15.3. The monoisotopic (exact) mass is 317 g/mol. The van der Waals surface area contributed by atoms with Crippen molar-refractivity contribution in [2.24, 2.45) is 0 Å². The fourth-order valence-corrected chi connectivity index (χ4v) is 7.85. The lowest BCUT2D eigenvalue weighted by Gasteiger charge is -2.34. The number of nitrogens with one attached hydrogen (secondary N) is 1. The minimum Gasteiger partial charge on any atom is -0.320 e. The van der Waals surface area contributed by atoms with E-state index in [0.717, 1.165) is 12.1 Å². The van der Waals surface area contributed by atoms with Crippen LogP contribution in [0, 0.1) is 0 Å². The Morgan fingerprint density at radius 3 is 1.52 bits per heavy atom. The second kappa shape index (κ2) is 6.78. The van der Waals surface area contributed by atoms with Gasteiger partial charge in [-0.2, -0.15) is 0 Å². The number of halogens is 1. The molecule has 0 unspecified atom stereocenters.